The molecule has 0 unspecified atom stereocenters. The summed E-state index contributed by atoms with van der Waals surface area (Å²) < 4.78 is 0. The SMILES string of the molecule is C=Cc1cc(C)cc(C)c1Cl. The molecule has 0 amide bonds. The molecule has 0 aliphatic carbocycles. The monoisotopic (exact) mass is 166 g/mol. The van der Waals surface area contributed by atoms with E-state index in [1.54, 1.807) is 6.08 Å². The van der Waals surface area contributed by atoms with Crippen molar-refractivity contribution in [3.05, 3.63) is 40.4 Å². The van der Waals surface area contributed by atoms with Crippen molar-refractivity contribution < 1.29 is 0 Å². The molecule has 1 aromatic rings. The largest absolute Gasteiger partial charge is 0.0984 e. The molecule has 0 atom stereocenters. The van der Waals surface area contributed by atoms with Crippen molar-refractivity contribution in [2.45, 2.75) is 13.8 Å². The normalized spacial score (nSPS) is 9.73. The lowest BCUT2D eigenvalue weighted by molar-refractivity contribution is 1.37. The number of halogens is 1. The average molecular weight is 167 g/mol. The maximum atomic E-state index is 5.99. The van der Waals surface area contributed by atoms with Crippen molar-refractivity contribution in [2.75, 3.05) is 0 Å². The van der Waals surface area contributed by atoms with E-state index in [1.165, 1.54) is 5.56 Å². The summed E-state index contributed by atoms with van der Waals surface area (Å²) in [6.45, 7) is 7.74. The van der Waals surface area contributed by atoms with Gasteiger partial charge >= 0.3 is 0 Å². The summed E-state index contributed by atoms with van der Waals surface area (Å²) in [5.41, 5.74) is 3.35. The number of aryl methyl sites for hydroxylation is 2. The molecule has 0 aliphatic heterocycles. The molecule has 0 nitrogen and oxygen atoms in total. The summed E-state index contributed by atoms with van der Waals surface area (Å²) in [5, 5.41) is 0.811. The molecule has 0 spiro atoms. The molecule has 1 heteroatoms. The third-order valence-electron chi connectivity index (χ3n) is 1.65. The molecular formula is C10H11Cl. The van der Waals surface area contributed by atoms with Gasteiger partial charge in [-0.25, -0.2) is 0 Å². The zero-order valence-corrected chi connectivity index (χ0v) is 7.57. The van der Waals surface area contributed by atoms with Gasteiger partial charge in [-0.15, -0.1) is 0 Å². The minimum absolute atomic E-state index is 0.811. The number of rotatable bonds is 1. The van der Waals surface area contributed by atoms with E-state index in [0.717, 1.165) is 16.1 Å². The molecule has 11 heavy (non-hydrogen) atoms. The van der Waals surface area contributed by atoms with Crippen molar-refractivity contribution in [1.29, 1.82) is 0 Å². The standard InChI is InChI=1S/C10H11Cl/c1-4-9-6-7(2)5-8(3)10(9)11/h4-6H,1H2,2-3H3. The van der Waals surface area contributed by atoms with Gasteiger partial charge in [-0.1, -0.05) is 42.0 Å². The van der Waals surface area contributed by atoms with Gasteiger partial charge in [0, 0.05) is 0 Å². The molecule has 0 bridgehead atoms. The number of hydrogen-bond acceptors (Lipinski definition) is 0. The Kier molecular flexibility index (Phi) is 2.35. The summed E-state index contributed by atoms with van der Waals surface area (Å²) in [6.07, 6.45) is 1.78. The summed E-state index contributed by atoms with van der Waals surface area (Å²) >= 11 is 5.99. The highest BCUT2D eigenvalue weighted by Crippen LogP contribution is 2.22. The lowest BCUT2D eigenvalue weighted by Crippen LogP contribution is -1.82. The zero-order chi connectivity index (χ0) is 8.43. The summed E-state index contributed by atoms with van der Waals surface area (Å²) in [4.78, 5) is 0. The minimum atomic E-state index is 0.811. The van der Waals surface area contributed by atoms with E-state index >= 15 is 0 Å². The molecule has 1 rings (SSSR count). The molecule has 58 valence electrons. The summed E-state index contributed by atoms with van der Waals surface area (Å²) in [6, 6.07) is 4.09. The predicted octanol–water partition coefficient (Wildman–Crippen LogP) is 3.60. The molecule has 0 saturated carbocycles. The van der Waals surface area contributed by atoms with Gasteiger partial charge in [-0.2, -0.15) is 0 Å². The van der Waals surface area contributed by atoms with Crippen LogP contribution >= 0.6 is 11.6 Å². The predicted molar refractivity (Wildman–Crippen MR) is 51.0 cm³/mol. The van der Waals surface area contributed by atoms with Crippen molar-refractivity contribution in [2.24, 2.45) is 0 Å². The Labute approximate surface area is 72.5 Å². The fourth-order valence-corrected chi connectivity index (χ4v) is 1.32. The Morgan fingerprint density at radius 2 is 2.00 bits per heavy atom. The Balaban J connectivity index is 3.35. The second-order valence-electron chi connectivity index (χ2n) is 2.69. The van der Waals surface area contributed by atoms with Crippen molar-refractivity contribution >= 4 is 17.7 Å². The van der Waals surface area contributed by atoms with Crippen LogP contribution in [0, 0.1) is 13.8 Å². The average Bonchev–Trinajstić information content (AvgIpc) is 1.96. The molecule has 0 saturated heterocycles. The molecular weight excluding hydrogens is 156 g/mol. The van der Waals surface area contributed by atoms with Gasteiger partial charge < -0.3 is 0 Å². The van der Waals surface area contributed by atoms with Crippen LogP contribution < -0.4 is 0 Å². The van der Waals surface area contributed by atoms with Gasteiger partial charge in [0.25, 0.3) is 0 Å². The van der Waals surface area contributed by atoms with Crippen LogP contribution in [0.1, 0.15) is 16.7 Å². The van der Waals surface area contributed by atoms with E-state index < -0.39 is 0 Å². The first-order valence-corrected chi connectivity index (χ1v) is 3.92. The Bertz CT molecular complexity index is 287. The van der Waals surface area contributed by atoms with Crippen LogP contribution in [0.15, 0.2) is 18.7 Å². The minimum Gasteiger partial charge on any atom is -0.0984 e. The van der Waals surface area contributed by atoms with Crippen LogP contribution in [-0.2, 0) is 0 Å². The third kappa shape index (κ3) is 1.63. The Morgan fingerprint density at radius 1 is 1.36 bits per heavy atom. The Hall–Kier alpha value is -0.750. The molecule has 1 aromatic carbocycles. The molecule has 0 radical (unpaired) electrons. The van der Waals surface area contributed by atoms with Gasteiger partial charge in [0.2, 0.25) is 0 Å². The molecule has 0 N–H and O–H groups in total. The van der Waals surface area contributed by atoms with E-state index in [4.69, 9.17) is 11.6 Å². The second kappa shape index (κ2) is 3.10. The molecule has 0 fully saturated rings. The van der Waals surface area contributed by atoms with Crippen LogP contribution in [0.5, 0.6) is 0 Å². The highest BCUT2D eigenvalue weighted by Gasteiger charge is 1.99. The van der Waals surface area contributed by atoms with Crippen molar-refractivity contribution in [3.63, 3.8) is 0 Å². The lowest BCUT2D eigenvalue weighted by atomic mass is 10.1. The second-order valence-corrected chi connectivity index (χ2v) is 3.07. The molecule has 0 heterocycles. The highest BCUT2D eigenvalue weighted by atomic mass is 35.5. The van der Waals surface area contributed by atoms with Crippen LogP contribution in [0.3, 0.4) is 0 Å². The number of benzene rings is 1. The van der Waals surface area contributed by atoms with Crippen LogP contribution in [0.2, 0.25) is 5.02 Å². The van der Waals surface area contributed by atoms with Crippen molar-refractivity contribution in [1.82, 2.24) is 0 Å². The maximum Gasteiger partial charge on any atom is 0.0507 e. The molecule has 0 aliphatic rings. The van der Waals surface area contributed by atoms with E-state index in [2.05, 4.69) is 19.6 Å². The van der Waals surface area contributed by atoms with E-state index in [9.17, 15) is 0 Å². The maximum absolute atomic E-state index is 5.99. The topological polar surface area (TPSA) is 0 Å². The highest BCUT2D eigenvalue weighted by molar-refractivity contribution is 6.32. The smallest absolute Gasteiger partial charge is 0.0507 e. The van der Waals surface area contributed by atoms with E-state index in [-0.39, 0.29) is 0 Å². The van der Waals surface area contributed by atoms with Gasteiger partial charge in [0.15, 0.2) is 0 Å². The first-order chi connectivity index (χ1) is 5.15. The third-order valence-corrected chi connectivity index (χ3v) is 2.16. The van der Waals surface area contributed by atoms with Gasteiger partial charge in [-0.3, -0.25) is 0 Å². The quantitative estimate of drug-likeness (QED) is 0.598. The first-order valence-electron chi connectivity index (χ1n) is 3.54. The van der Waals surface area contributed by atoms with Gasteiger partial charge in [0.1, 0.15) is 0 Å². The van der Waals surface area contributed by atoms with E-state index in [1.807, 2.05) is 13.0 Å². The summed E-state index contributed by atoms with van der Waals surface area (Å²) in [5.74, 6) is 0. The lowest BCUT2D eigenvalue weighted by Gasteiger charge is -2.03. The van der Waals surface area contributed by atoms with Crippen molar-refractivity contribution in [3.8, 4) is 0 Å². The fraction of sp³-hybridized carbons (Fsp3) is 0.200. The van der Waals surface area contributed by atoms with Gasteiger partial charge in [-0.05, 0) is 25.0 Å². The van der Waals surface area contributed by atoms with Crippen LogP contribution in [0.4, 0.5) is 0 Å². The zero-order valence-electron chi connectivity index (χ0n) is 6.82. The number of hydrogen-bond donors (Lipinski definition) is 0. The summed E-state index contributed by atoms with van der Waals surface area (Å²) in [7, 11) is 0. The Morgan fingerprint density at radius 3 is 2.55 bits per heavy atom. The van der Waals surface area contributed by atoms with Crippen LogP contribution in [-0.4, -0.2) is 0 Å². The van der Waals surface area contributed by atoms with Crippen LogP contribution in [0.25, 0.3) is 6.08 Å². The first kappa shape index (κ1) is 8.35. The van der Waals surface area contributed by atoms with Gasteiger partial charge in [0.05, 0.1) is 5.02 Å². The van der Waals surface area contributed by atoms with E-state index in [0.29, 0.717) is 0 Å². The molecule has 0 aromatic heterocycles. The fourth-order valence-electron chi connectivity index (χ4n) is 1.13.